The first-order valence-corrected chi connectivity index (χ1v) is 7.44. The molecule has 0 fully saturated rings. The Morgan fingerprint density at radius 3 is 2.52 bits per heavy atom. The number of hydrogen-bond donors (Lipinski definition) is 2. The van der Waals surface area contributed by atoms with Crippen molar-refractivity contribution >= 4 is 17.7 Å². The third kappa shape index (κ3) is 5.03. The number of nitrogens with zero attached hydrogens (tertiary/aromatic N) is 1. The smallest absolute Gasteiger partial charge is 0.408 e. The largest absolute Gasteiger partial charge is 0.445 e. The van der Waals surface area contributed by atoms with Crippen molar-refractivity contribution in [3.63, 3.8) is 0 Å². The normalized spacial score (nSPS) is 11.2. The van der Waals surface area contributed by atoms with Gasteiger partial charge in [-0.2, -0.15) is 0 Å². The number of non-ortho nitro benzene ring substituents is 1. The van der Waals surface area contributed by atoms with Gasteiger partial charge in [-0.25, -0.2) is 4.79 Å². The zero-order valence-electron chi connectivity index (χ0n) is 13.5. The highest BCUT2D eigenvalue weighted by atomic mass is 16.6. The van der Waals surface area contributed by atoms with E-state index in [2.05, 4.69) is 10.6 Å². The van der Waals surface area contributed by atoms with Crippen molar-refractivity contribution < 1.29 is 19.2 Å². The first-order valence-electron chi connectivity index (χ1n) is 7.44. The molecule has 0 saturated carbocycles. The summed E-state index contributed by atoms with van der Waals surface area (Å²) in [5.74, 6) is -0.517. The van der Waals surface area contributed by atoms with Gasteiger partial charge in [0, 0.05) is 19.2 Å². The van der Waals surface area contributed by atoms with Crippen LogP contribution in [0.3, 0.4) is 0 Å². The van der Waals surface area contributed by atoms with Gasteiger partial charge in [0.15, 0.2) is 0 Å². The van der Waals surface area contributed by atoms with Crippen LogP contribution >= 0.6 is 0 Å². The quantitative estimate of drug-likeness (QED) is 0.618. The Kier molecular flexibility index (Phi) is 6.05. The maximum atomic E-state index is 12.1. The Balaban J connectivity index is 2.10. The highest BCUT2D eigenvalue weighted by Gasteiger charge is 2.24. The van der Waals surface area contributed by atoms with E-state index < -0.39 is 23.0 Å². The zero-order valence-corrected chi connectivity index (χ0v) is 13.5. The minimum absolute atomic E-state index is 0.0437. The van der Waals surface area contributed by atoms with Crippen LogP contribution in [0.4, 0.5) is 10.5 Å². The van der Waals surface area contributed by atoms with Crippen LogP contribution in [-0.2, 0) is 16.1 Å². The van der Waals surface area contributed by atoms with Crippen LogP contribution in [0.1, 0.15) is 17.2 Å². The molecule has 2 aromatic rings. The molecule has 2 aromatic carbocycles. The number of carbonyl (C=O) groups excluding carboxylic acids is 2. The number of alkyl carbamates (subject to hydrolysis) is 1. The molecule has 0 aliphatic rings. The number of nitrogens with one attached hydrogen (secondary N) is 2. The molecule has 25 heavy (non-hydrogen) atoms. The predicted molar refractivity (Wildman–Crippen MR) is 89.7 cm³/mol. The molecule has 0 saturated heterocycles. The molecule has 2 amide bonds. The fraction of sp³-hybridized carbons (Fsp3) is 0.176. The summed E-state index contributed by atoms with van der Waals surface area (Å²) in [7, 11) is 1.41. The maximum Gasteiger partial charge on any atom is 0.408 e. The van der Waals surface area contributed by atoms with Gasteiger partial charge in [-0.1, -0.05) is 42.5 Å². The van der Waals surface area contributed by atoms with Gasteiger partial charge in [0.2, 0.25) is 5.91 Å². The monoisotopic (exact) mass is 343 g/mol. The number of rotatable bonds is 6. The highest BCUT2D eigenvalue weighted by Crippen LogP contribution is 2.20. The van der Waals surface area contributed by atoms with Crippen LogP contribution in [-0.4, -0.2) is 24.0 Å². The predicted octanol–water partition coefficient (Wildman–Crippen LogP) is 2.31. The molecule has 0 aliphatic carbocycles. The van der Waals surface area contributed by atoms with Crippen LogP contribution in [0, 0.1) is 10.1 Å². The summed E-state index contributed by atoms with van der Waals surface area (Å²) >= 11 is 0. The van der Waals surface area contributed by atoms with Gasteiger partial charge in [0.25, 0.3) is 5.69 Å². The fourth-order valence-corrected chi connectivity index (χ4v) is 2.15. The van der Waals surface area contributed by atoms with E-state index in [4.69, 9.17) is 4.74 Å². The average molecular weight is 343 g/mol. The van der Waals surface area contributed by atoms with Crippen LogP contribution in [0.25, 0.3) is 0 Å². The molecule has 0 radical (unpaired) electrons. The standard InChI is InChI=1S/C17H17N3O5/c1-18-16(21)15(13-8-5-9-14(10-13)20(23)24)19-17(22)25-11-12-6-3-2-4-7-12/h2-10,15H,11H2,1H3,(H,18,21)(H,19,22)/t15-/m1/s1. The summed E-state index contributed by atoms with van der Waals surface area (Å²) in [6.07, 6.45) is -0.802. The van der Waals surface area contributed by atoms with Crippen LogP contribution in [0.5, 0.6) is 0 Å². The average Bonchev–Trinajstić information content (AvgIpc) is 2.64. The fourth-order valence-electron chi connectivity index (χ4n) is 2.15. The first kappa shape index (κ1) is 17.9. The number of nitro groups is 1. The van der Waals surface area contributed by atoms with Crippen molar-refractivity contribution in [2.24, 2.45) is 0 Å². The third-order valence-corrected chi connectivity index (χ3v) is 3.40. The van der Waals surface area contributed by atoms with Gasteiger partial charge in [0.05, 0.1) is 4.92 Å². The molecule has 8 nitrogen and oxygen atoms in total. The van der Waals surface area contributed by atoms with Crippen molar-refractivity contribution in [3.05, 3.63) is 75.8 Å². The zero-order chi connectivity index (χ0) is 18.2. The van der Waals surface area contributed by atoms with E-state index in [0.29, 0.717) is 0 Å². The lowest BCUT2D eigenvalue weighted by atomic mass is 10.1. The SMILES string of the molecule is CNC(=O)[C@H](NC(=O)OCc1ccccc1)c1cccc([N+](=O)[O-])c1. The summed E-state index contributed by atoms with van der Waals surface area (Å²) in [5, 5.41) is 15.7. The summed E-state index contributed by atoms with van der Waals surface area (Å²) in [6, 6.07) is 13.5. The number of benzene rings is 2. The molecule has 130 valence electrons. The van der Waals surface area contributed by atoms with E-state index >= 15 is 0 Å². The van der Waals surface area contributed by atoms with E-state index in [9.17, 15) is 19.7 Å². The number of carbonyl (C=O) groups is 2. The summed E-state index contributed by atoms with van der Waals surface area (Å²) in [4.78, 5) is 34.4. The topological polar surface area (TPSA) is 111 Å². The lowest BCUT2D eigenvalue weighted by Gasteiger charge is -2.17. The van der Waals surface area contributed by atoms with E-state index in [1.165, 1.54) is 31.3 Å². The lowest BCUT2D eigenvalue weighted by Crippen LogP contribution is -2.39. The van der Waals surface area contributed by atoms with Gasteiger partial charge in [-0.15, -0.1) is 0 Å². The molecule has 0 bridgehead atoms. The van der Waals surface area contributed by atoms with Crippen LogP contribution < -0.4 is 10.6 Å². The van der Waals surface area contributed by atoms with E-state index in [-0.39, 0.29) is 17.9 Å². The molecule has 0 spiro atoms. The Morgan fingerprint density at radius 1 is 1.16 bits per heavy atom. The third-order valence-electron chi connectivity index (χ3n) is 3.40. The lowest BCUT2D eigenvalue weighted by molar-refractivity contribution is -0.384. The van der Waals surface area contributed by atoms with Crippen molar-refractivity contribution in [2.45, 2.75) is 12.6 Å². The van der Waals surface area contributed by atoms with E-state index in [1.54, 1.807) is 12.1 Å². The minimum atomic E-state index is -1.10. The Hall–Kier alpha value is -3.42. The van der Waals surface area contributed by atoms with Gasteiger partial charge >= 0.3 is 6.09 Å². The Morgan fingerprint density at radius 2 is 1.88 bits per heavy atom. The summed E-state index contributed by atoms with van der Waals surface area (Å²) < 4.78 is 5.09. The minimum Gasteiger partial charge on any atom is -0.445 e. The molecular formula is C17H17N3O5. The maximum absolute atomic E-state index is 12.1. The highest BCUT2D eigenvalue weighted by molar-refractivity contribution is 5.86. The van der Waals surface area contributed by atoms with Crippen molar-refractivity contribution in [2.75, 3.05) is 7.05 Å². The molecule has 2 N–H and O–H groups in total. The molecule has 0 aromatic heterocycles. The molecule has 0 aliphatic heterocycles. The van der Waals surface area contributed by atoms with Crippen molar-refractivity contribution in [1.29, 1.82) is 0 Å². The summed E-state index contributed by atoms with van der Waals surface area (Å²) in [5.41, 5.74) is 0.903. The summed E-state index contributed by atoms with van der Waals surface area (Å²) in [6.45, 7) is 0.0437. The van der Waals surface area contributed by atoms with E-state index in [1.807, 2.05) is 18.2 Å². The number of likely N-dealkylation sites (N-methyl/N-ethyl adjacent to an activating group) is 1. The van der Waals surface area contributed by atoms with Gasteiger partial charge in [-0.3, -0.25) is 14.9 Å². The first-order chi connectivity index (χ1) is 12.0. The van der Waals surface area contributed by atoms with E-state index in [0.717, 1.165) is 5.56 Å². The molecule has 1 atom stereocenters. The number of ether oxygens (including phenoxy) is 1. The molecular weight excluding hydrogens is 326 g/mol. The van der Waals surface area contributed by atoms with Gasteiger partial charge in [-0.05, 0) is 11.1 Å². The van der Waals surface area contributed by atoms with Crippen molar-refractivity contribution in [1.82, 2.24) is 10.6 Å². The van der Waals surface area contributed by atoms with Crippen molar-refractivity contribution in [3.8, 4) is 0 Å². The molecule has 0 heterocycles. The van der Waals surface area contributed by atoms with Crippen LogP contribution in [0.15, 0.2) is 54.6 Å². The number of hydrogen-bond acceptors (Lipinski definition) is 5. The van der Waals surface area contributed by atoms with Crippen LogP contribution in [0.2, 0.25) is 0 Å². The Labute approximate surface area is 144 Å². The number of amides is 2. The Bertz CT molecular complexity index is 764. The molecule has 8 heteroatoms. The number of nitro benzene ring substituents is 1. The van der Waals surface area contributed by atoms with Gasteiger partial charge in [0.1, 0.15) is 12.6 Å². The van der Waals surface area contributed by atoms with Gasteiger partial charge < -0.3 is 15.4 Å². The molecule has 0 unspecified atom stereocenters. The molecule has 2 rings (SSSR count). The second kappa shape index (κ2) is 8.44. The second-order valence-corrected chi connectivity index (χ2v) is 5.11. The second-order valence-electron chi connectivity index (χ2n) is 5.11.